The fourth-order valence-corrected chi connectivity index (χ4v) is 2.17. The number of hydrogen-bond acceptors (Lipinski definition) is 4. The van der Waals surface area contributed by atoms with Gasteiger partial charge in [0.1, 0.15) is 0 Å². The van der Waals surface area contributed by atoms with E-state index in [1.807, 2.05) is 36.7 Å². The average molecular weight is 234 g/mol. The van der Waals surface area contributed by atoms with Crippen molar-refractivity contribution >= 4 is 17.0 Å². The Morgan fingerprint density at radius 1 is 1.44 bits per heavy atom. The number of thiazole rings is 1. The Bertz CT molecular complexity index is 468. The van der Waals surface area contributed by atoms with Gasteiger partial charge in [0, 0.05) is 10.6 Å². The van der Waals surface area contributed by atoms with Crippen molar-refractivity contribution in [2.45, 2.75) is 20.1 Å². The molecule has 0 bridgehead atoms. The first-order valence-electron chi connectivity index (χ1n) is 5.12. The van der Waals surface area contributed by atoms with E-state index in [0.717, 1.165) is 23.5 Å². The number of aliphatic hydroxyl groups is 1. The van der Waals surface area contributed by atoms with Crippen molar-refractivity contribution in [3.63, 3.8) is 0 Å². The molecule has 16 heavy (non-hydrogen) atoms. The Morgan fingerprint density at radius 2 is 2.31 bits per heavy atom. The lowest BCUT2D eigenvalue weighted by molar-refractivity contribution is 0.282. The second-order valence-electron chi connectivity index (χ2n) is 3.57. The summed E-state index contributed by atoms with van der Waals surface area (Å²) in [4.78, 5) is 5.45. The zero-order chi connectivity index (χ0) is 11.4. The molecule has 0 saturated heterocycles. The molecule has 0 aliphatic rings. The summed E-state index contributed by atoms with van der Waals surface area (Å²) in [5, 5.41) is 12.3. The lowest BCUT2D eigenvalue weighted by atomic mass is 10.2. The maximum Gasteiger partial charge on any atom is 0.0798 e. The van der Waals surface area contributed by atoms with E-state index >= 15 is 0 Å². The van der Waals surface area contributed by atoms with E-state index < -0.39 is 0 Å². The normalized spacial score (nSPS) is 10.4. The van der Waals surface area contributed by atoms with Crippen LogP contribution in [-0.2, 0) is 13.2 Å². The van der Waals surface area contributed by atoms with Crippen LogP contribution in [0.25, 0.3) is 0 Å². The Morgan fingerprint density at radius 3 is 3.00 bits per heavy atom. The Labute approximate surface area is 98.8 Å². The molecule has 0 atom stereocenters. The summed E-state index contributed by atoms with van der Waals surface area (Å²) in [7, 11) is 0. The summed E-state index contributed by atoms with van der Waals surface area (Å²) >= 11 is 1.66. The van der Waals surface area contributed by atoms with Gasteiger partial charge in [-0.2, -0.15) is 0 Å². The number of rotatable bonds is 4. The summed E-state index contributed by atoms with van der Waals surface area (Å²) in [6, 6.07) is 7.79. The van der Waals surface area contributed by atoms with Crippen LogP contribution in [0.2, 0.25) is 0 Å². The van der Waals surface area contributed by atoms with Crippen molar-refractivity contribution in [2.24, 2.45) is 0 Å². The molecule has 1 aromatic carbocycles. The minimum atomic E-state index is 0.0785. The van der Waals surface area contributed by atoms with Crippen molar-refractivity contribution in [2.75, 3.05) is 5.32 Å². The van der Waals surface area contributed by atoms with Crippen LogP contribution in [0.1, 0.15) is 16.1 Å². The lowest BCUT2D eigenvalue weighted by Crippen LogP contribution is -1.99. The molecule has 0 radical (unpaired) electrons. The molecule has 0 fully saturated rings. The number of aliphatic hydroxyl groups excluding tert-OH is 1. The van der Waals surface area contributed by atoms with Crippen LogP contribution < -0.4 is 5.32 Å². The standard InChI is InChI=1S/C12H14N2OS/c1-9-12(16-8-14-9)6-13-11-4-2-3-10(5-11)7-15/h2-5,8,13,15H,6-7H2,1H3. The van der Waals surface area contributed by atoms with Crippen molar-refractivity contribution < 1.29 is 5.11 Å². The summed E-state index contributed by atoms with van der Waals surface area (Å²) in [6.45, 7) is 2.87. The van der Waals surface area contributed by atoms with Gasteiger partial charge in [0.2, 0.25) is 0 Å². The predicted octanol–water partition coefficient (Wildman–Crippen LogP) is 2.56. The van der Waals surface area contributed by atoms with E-state index in [2.05, 4.69) is 10.3 Å². The van der Waals surface area contributed by atoms with Gasteiger partial charge >= 0.3 is 0 Å². The van der Waals surface area contributed by atoms with Gasteiger partial charge < -0.3 is 10.4 Å². The molecular weight excluding hydrogens is 220 g/mol. The molecular formula is C12H14N2OS. The maximum atomic E-state index is 9.02. The van der Waals surface area contributed by atoms with Crippen LogP contribution in [-0.4, -0.2) is 10.1 Å². The Balaban J connectivity index is 2.02. The highest BCUT2D eigenvalue weighted by Gasteiger charge is 2.01. The molecule has 0 saturated carbocycles. The van der Waals surface area contributed by atoms with Crippen molar-refractivity contribution in [1.82, 2.24) is 4.98 Å². The first kappa shape index (κ1) is 11.1. The molecule has 3 nitrogen and oxygen atoms in total. The molecule has 1 heterocycles. The number of aryl methyl sites for hydroxylation is 1. The first-order valence-corrected chi connectivity index (χ1v) is 6.00. The number of anilines is 1. The zero-order valence-corrected chi connectivity index (χ0v) is 9.92. The van der Waals surface area contributed by atoms with Crippen LogP contribution in [0.4, 0.5) is 5.69 Å². The molecule has 0 spiro atoms. The third-order valence-corrected chi connectivity index (χ3v) is 3.34. The smallest absolute Gasteiger partial charge is 0.0798 e. The van der Waals surface area contributed by atoms with Crippen LogP contribution >= 0.6 is 11.3 Å². The molecule has 4 heteroatoms. The Kier molecular flexibility index (Phi) is 3.54. The largest absolute Gasteiger partial charge is 0.392 e. The van der Waals surface area contributed by atoms with E-state index in [-0.39, 0.29) is 6.61 Å². The Hall–Kier alpha value is -1.39. The summed E-state index contributed by atoms with van der Waals surface area (Å²) < 4.78 is 0. The molecule has 1 aromatic heterocycles. The fourth-order valence-electron chi connectivity index (χ4n) is 1.46. The van der Waals surface area contributed by atoms with Gasteiger partial charge in [0.25, 0.3) is 0 Å². The molecule has 0 aliphatic carbocycles. The molecule has 2 N–H and O–H groups in total. The van der Waals surface area contributed by atoms with E-state index in [1.54, 1.807) is 11.3 Å². The van der Waals surface area contributed by atoms with E-state index in [4.69, 9.17) is 5.11 Å². The fraction of sp³-hybridized carbons (Fsp3) is 0.250. The number of benzene rings is 1. The highest BCUT2D eigenvalue weighted by atomic mass is 32.1. The predicted molar refractivity (Wildman–Crippen MR) is 66.5 cm³/mol. The van der Waals surface area contributed by atoms with Gasteiger partial charge in [-0.3, -0.25) is 0 Å². The SMILES string of the molecule is Cc1ncsc1CNc1cccc(CO)c1. The molecule has 2 aromatic rings. The average Bonchev–Trinajstić information content (AvgIpc) is 2.72. The number of nitrogens with zero attached hydrogens (tertiary/aromatic N) is 1. The quantitative estimate of drug-likeness (QED) is 0.854. The summed E-state index contributed by atoms with van der Waals surface area (Å²) in [5.41, 5.74) is 4.89. The molecule has 0 amide bonds. The second-order valence-corrected chi connectivity index (χ2v) is 4.51. The minimum Gasteiger partial charge on any atom is -0.392 e. The van der Waals surface area contributed by atoms with Crippen molar-refractivity contribution in [3.05, 3.63) is 45.9 Å². The topological polar surface area (TPSA) is 45.2 Å². The minimum absolute atomic E-state index is 0.0785. The van der Waals surface area contributed by atoms with Crippen LogP contribution in [0.5, 0.6) is 0 Å². The second kappa shape index (κ2) is 5.09. The van der Waals surface area contributed by atoms with Gasteiger partial charge in [0.05, 0.1) is 24.4 Å². The highest BCUT2D eigenvalue weighted by molar-refractivity contribution is 7.09. The van der Waals surface area contributed by atoms with Crippen LogP contribution in [0.15, 0.2) is 29.8 Å². The maximum absolute atomic E-state index is 9.02. The third-order valence-electron chi connectivity index (χ3n) is 2.41. The van der Waals surface area contributed by atoms with Crippen molar-refractivity contribution in [1.29, 1.82) is 0 Å². The zero-order valence-electron chi connectivity index (χ0n) is 9.10. The third kappa shape index (κ3) is 2.59. The van der Waals surface area contributed by atoms with Gasteiger partial charge in [-0.15, -0.1) is 11.3 Å². The molecule has 0 aliphatic heterocycles. The molecule has 2 rings (SSSR count). The van der Waals surface area contributed by atoms with Crippen molar-refractivity contribution in [3.8, 4) is 0 Å². The summed E-state index contributed by atoms with van der Waals surface area (Å²) in [6.07, 6.45) is 0. The number of nitrogens with one attached hydrogen (secondary N) is 1. The van der Waals surface area contributed by atoms with E-state index in [9.17, 15) is 0 Å². The number of aromatic nitrogens is 1. The van der Waals surface area contributed by atoms with Gasteiger partial charge in [-0.05, 0) is 24.6 Å². The van der Waals surface area contributed by atoms with Crippen LogP contribution in [0.3, 0.4) is 0 Å². The molecule has 84 valence electrons. The van der Waals surface area contributed by atoms with Crippen LogP contribution in [0, 0.1) is 6.92 Å². The summed E-state index contributed by atoms with van der Waals surface area (Å²) in [5.74, 6) is 0. The van der Waals surface area contributed by atoms with Gasteiger partial charge in [-0.1, -0.05) is 12.1 Å². The lowest BCUT2D eigenvalue weighted by Gasteiger charge is -2.06. The van der Waals surface area contributed by atoms with E-state index in [1.165, 1.54) is 4.88 Å². The van der Waals surface area contributed by atoms with E-state index in [0.29, 0.717) is 0 Å². The first-order chi connectivity index (χ1) is 7.79. The highest BCUT2D eigenvalue weighted by Crippen LogP contribution is 2.16. The number of hydrogen-bond donors (Lipinski definition) is 2. The van der Waals surface area contributed by atoms with Gasteiger partial charge in [0.15, 0.2) is 0 Å². The molecule has 0 unspecified atom stereocenters. The monoisotopic (exact) mass is 234 g/mol. The van der Waals surface area contributed by atoms with Gasteiger partial charge in [-0.25, -0.2) is 4.98 Å².